The Balaban J connectivity index is 0.00000225. The molecular formula is C16H29IN6OS. The molecule has 2 aliphatic heterocycles. The van der Waals surface area contributed by atoms with E-state index in [0.29, 0.717) is 5.92 Å². The maximum absolute atomic E-state index is 5.43. The lowest BCUT2D eigenvalue weighted by Crippen LogP contribution is -2.53. The zero-order valence-electron chi connectivity index (χ0n) is 15.1. The maximum atomic E-state index is 5.43. The monoisotopic (exact) mass is 480 g/mol. The van der Waals surface area contributed by atoms with Crippen molar-refractivity contribution in [3.05, 3.63) is 5.82 Å². The molecule has 3 heterocycles. The van der Waals surface area contributed by atoms with Crippen molar-refractivity contribution in [2.75, 3.05) is 57.9 Å². The molecule has 0 spiro atoms. The van der Waals surface area contributed by atoms with Crippen LogP contribution in [0.5, 0.6) is 0 Å². The molecule has 1 aromatic heterocycles. The molecule has 1 aromatic rings. The van der Waals surface area contributed by atoms with Gasteiger partial charge in [0.2, 0.25) is 5.13 Å². The fraction of sp³-hybridized carbons (Fsp3) is 0.812. The molecule has 0 radical (unpaired) electrons. The van der Waals surface area contributed by atoms with Gasteiger partial charge in [-0.25, -0.2) is 4.98 Å². The molecule has 2 aliphatic rings. The predicted octanol–water partition coefficient (Wildman–Crippen LogP) is 1.84. The number of halogens is 1. The fourth-order valence-corrected chi connectivity index (χ4v) is 3.95. The fourth-order valence-electron chi connectivity index (χ4n) is 3.14. The number of rotatable bonds is 4. The van der Waals surface area contributed by atoms with Crippen molar-refractivity contribution in [2.24, 2.45) is 10.9 Å². The molecule has 0 saturated carbocycles. The lowest BCUT2D eigenvalue weighted by molar-refractivity contribution is 0.0673. The topological polar surface area (TPSA) is 65.9 Å². The van der Waals surface area contributed by atoms with Gasteiger partial charge in [0.1, 0.15) is 5.82 Å². The second-order valence-corrected chi connectivity index (χ2v) is 7.03. The Bertz CT molecular complexity index is 540. The molecule has 3 rings (SSSR count). The molecule has 0 amide bonds. The molecule has 142 valence electrons. The Kier molecular flexibility index (Phi) is 8.63. The summed E-state index contributed by atoms with van der Waals surface area (Å²) in [6.07, 6.45) is 3.20. The van der Waals surface area contributed by atoms with Gasteiger partial charge in [0, 0.05) is 70.9 Å². The minimum atomic E-state index is 0. The Morgan fingerprint density at radius 2 is 2.00 bits per heavy atom. The SMILES string of the molecule is CCc1nsc(N2CCN(C(=NC)NCC3CCOCC3)CC2)n1.I. The number of anilines is 1. The molecule has 7 nitrogen and oxygen atoms in total. The first-order chi connectivity index (χ1) is 11.8. The largest absolute Gasteiger partial charge is 0.381 e. The van der Waals surface area contributed by atoms with Gasteiger partial charge in [-0.3, -0.25) is 4.99 Å². The van der Waals surface area contributed by atoms with E-state index < -0.39 is 0 Å². The van der Waals surface area contributed by atoms with Crippen molar-refractivity contribution in [3.63, 3.8) is 0 Å². The second-order valence-electron chi connectivity index (χ2n) is 6.30. The summed E-state index contributed by atoms with van der Waals surface area (Å²) in [5.41, 5.74) is 0. The number of guanidine groups is 1. The number of nitrogens with one attached hydrogen (secondary N) is 1. The Morgan fingerprint density at radius 3 is 2.60 bits per heavy atom. The van der Waals surface area contributed by atoms with Gasteiger partial charge in [-0.1, -0.05) is 6.92 Å². The third-order valence-electron chi connectivity index (χ3n) is 4.72. The first-order valence-corrected chi connectivity index (χ1v) is 9.68. The van der Waals surface area contributed by atoms with Crippen LogP contribution in [0, 0.1) is 5.92 Å². The Labute approximate surface area is 171 Å². The van der Waals surface area contributed by atoms with E-state index in [1.807, 2.05) is 7.05 Å². The van der Waals surface area contributed by atoms with Crippen LogP contribution in [-0.2, 0) is 11.2 Å². The van der Waals surface area contributed by atoms with Crippen LogP contribution in [-0.4, -0.2) is 73.2 Å². The quantitative estimate of drug-likeness (QED) is 0.403. The first-order valence-electron chi connectivity index (χ1n) is 8.91. The molecule has 25 heavy (non-hydrogen) atoms. The minimum Gasteiger partial charge on any atom is -0.381 e. The van der Waals surface area contributed by atoms with Crippen LogP contribution in [0.2, 0.25) is 0 Å². The van der Waals surface area contributed by atoms with E-state index in [4.69, 9.17) is 4.74 Å². The molecule has 0 unspecified atom stereocenters. The Hall–Kier alpha value is -0.680. The summed E-state index contributed by atoms with van der Waals surface area (Å²) in [5, 5.41) is 4.61. The minimum absolute atomic E-state index is 0. The summed E-state index contributed by atoms with van der Waals surface area (Å²) in [4.78, 5) is 13.7. The first kappa shape index (κ1) is 20.6. The van der Waals surface area contributed by atoms with Gasteiger partial charge in [-0.2, -0.15) is 4.37 Å². The van der Waals surface area contributed by atoms with Crippen LogP contribution >= 0.6 is 35.5 Å². The van der Waals surface area contributed by atoms with Crippen molar-refractivity contribution < 1.29 is 4.74 Å². The van der Waals surface area contributed by atoms with E-state index in [0.717, 1.165) is 82.1 Å². The molecule has 0 bridgehead atoms. The summed E-state index contributed by atoms with van der Waals surface area (Å²) >= 11 is 1.51. The maximum Gasteiger partial charge on any atom is 0.205 e. The van der Waals surface area contributed by atoms with E-state index in [1.165, 1.54) is 11.5 Å². The van der Waals surface area contributed by atoms with E-state index in [1.54, 1.807) is 0 Å². The zero-order chi connectivity index (χ0) is 16.8. The number of ether oxygens (including phenoxy) is 1. The number of aromatic nitrogens is 2. The van der Waals surface area contributed by atoms with E-state index in [9.17, 15) is 0 Å². The summed E-state index contributed by atoms with van der Waals surface area (Å²) in [6.45, 7) is 8.75. The second kappa shape index (κ2) is 10.5. The lowest BCUT2D eigenvalue weighted by Gasteiger charge is -2.36. The highest BCUT2D eigenvalue weighted by Crippen LogP contribution is 2.19. The molecule has 0 aromatic carbocycles. The van der Waals surface area contributed by atoms with E-state index >= 15 is 0 Å². The number of aryl methyl sites for hydroxylation is 1. The summed E-state index contributed by atoms with van der Waals surface area (Å²) in [5.74, 6) is 2.67. The van der Waals surface area contributed by atoms with Gasteiger partial charge in [0.05, 0.1) is 0 Å². The molecule has 1 N–H and O–H groups in total. The van der Waals surface area contributed by atoms with Crippen molar-refractivity contribution >= 4 is 46.6 Å². The summed E-state index contributed by atoms with van der Waals surface area (Å²) < 4.78 is 9.82. The highest BCUT2D eigenvalue weighted by atomic mass is 127. The highest BCUT2D eigenvalue weighted by molar-refractivity contribution is 14.0. The van der Waals surface area contributed by atoms with Gasteiger partial charge in [0.15, 0.2) is 5.96 Å². The number of piperazine rings is 1. The van der Waals surface area contributed by atoms with E-state index in [-0.39, 0.29) is 24.0 Å². The third-order valence-corrected chi connectivity index (χ3v) is 5.54. The normalized spacial score (nSPS) is 19.7. The number of aliphatic imine (C=N–C) groups is 1. The van der Waals surface area contributed by atoms with Gasteiger partial charge in [-0.05, 0) is 18.8 Å². The van der Waals surface area contributed by atoms with Gasteiger partial charge in [-0.15, -0.1) is 24.0 Å². The smallest absolute Gasteiger partial charge is 0.205 e. The number of hydrogen-bond donors (Lipinski definition) is 1. The number of nitrogens with zero attached hydrogens (tertiary/aromatic N) is 5. The number of hydrogen-bond acceptors (Lipinski definition) is 6. The van der Waals surface area contributed by atoms with Crippen molar-refractivity contribution in [2.45, 2.75) is 26.2 Å². The average Bonchev–Trinajstić information content (AvgIpc) is 3.13. The van der Waals surface area contributed by atoms with Crippen molar-refractivity contribution in [3.8, 4) is 0 Å². The predicted molar refractivity (Wildman–Crippen MR) is 113 cm³/mol. The van der Waals surface area contributed by atoms with Crippen LogP contribution in [0.1, 0.15) is 25.6 Å². The van der Waals surface area contributed by atoms with Crippen LogP contribution < -0.4 is 10.2 Å². The van der Waals surface area contributed by atoms with Crippen molar-refractivity contribution in [1.29, 1.82) is 0 Å². The molecule has 0 atom stereocenters. The lowest BCUT2D eigenvalue weighted by atomic mass is 10.0. The average molecular weight is 480 g/mol. The van der Waals surface area contributed by atoms with Gasteiger partial charge < -0.3 is 19.9 Å². The molecular weight excluding hydrogens is 451 g/mol. The molecule has 0 aliphatic carbocycles. The van der Waals surface area contributed by atoms with Crippen molar-refractivity contribution in [1.82, 2.24) is 19.6 Å². The van der Waals surface area contributed by atoms with Crippen LogP contribution in [0.3, 0.4) is 0 Å². The van der Waals surface area contributed by atoms with Crippen LogP contribution in [0.15, 0.2) is 4.99 Å². The summed E-state index contributed by atoms with van der Waals surface area (Å²) in [6, 6.07) is 0. The van der Waals surface area contributed by atoms with Gasteiger partial charge in [0.25, 0.3) is 0 Å². The molecule has 2 fully saturated rings. The third kappa shape index (κ3) is 5.65. The van der Waals surface area contributed by atoms with Crippen LogP contribution in [0.25, 0.3) is 0 Å². The van der Waals surface area contributed by atoms with Crippen LogP contribution in [0.4, 0.5) is 5.13 Å². The standard InChI is InChI=1S/C16H28N6OS.HI/c1-3-14-19-16(24-20-14)22-8-6-21(7-9-22)15(17-2)18-12-13-4-10-23-11-5-13;/h13H,3-12H2,1-2H3,(H,17,18);1H. The summed E-state index contributed by atoms with van der Waals surface area (Å²) in [7, 11) is 1.87. The van der Waals surface area contributed by atoms with Gasteiger partial charge >= 0.3 is 0 Å². The van der Waals surface area contributed by atoms with E-state index in [2.05, 4.69) is 36.4 Å². The molecule has 9 heteroatoms. The Morgan fingerprint density at radius 1 is 1.28 bits per heavy atom. The highest BCUT2D eigenvalue weighted by Gasteiger charge is 2.22. The zero-order valence-corrected chi connectivity index (χ0v) is 18.3. The molecule has 2 saturated heterocycles.